The van der Waals surface area contributed by atoms with Crippen molar-refractivity contribution in [3.8, 4) is 0 Å². The fraction of sp³-hybridized carbons (Fsp3) is 0.480. The first-order valence-corrected chi connectivity index (χ1v) is 12.8. The molecule has 5 rings (SSSR count). The number of pyridine rings is 1. The number of fused-ring (bicyclic) bond motifs is 1. The van der Waals surface area contributed by atoms with Gasteiger partial charge in [0.2, 0.25) is 0 Å². The van der Waals surface area contributed by atoms with E-state index in [1.165, 1.54) is 29.7 Å². The number of hydrogen-bond acceptors (Lipinski definition) is 6. The van der Waals surface area contributed by atoms with Gasteiger partial charge in [0, 0.05) is 23.9 Å². The monoisotopic (exact) mass is 471 g/mol. The van der Waals surface area contributed by atoms with Crippen LogP contribution in [-0.4, -0.2) is 40.7 Å². The number of benzene rings is 1. The number of carbonyl (C=O) groups is 1. The third-order valence-corrected chi connectivity index (χ3v) is 6.62. The van der Waals surface area contributed by atoms with Crippen LogP contribution in [0.2, 0.25) is 0 Å². The van der Waals surface area contributed by atoms with Crippen molar-refractivity contribution in [3.63, 3.8) is 0 Å². The summed E-state index contributed by atoms with van der Waals surface area (Å²) in [5.41, 5.74) is 5.24. The molecule has 2 aliphatic carbocycles. The fourth-order valence-corrected chi connectivity index (χ4v) is 4.20. The van der Waals surface area contributed by atoms with E-state index in [1.807, 2.05) is 33.9 Å². The van der Waals surface area contributed by atoms with Crippen molar-refractivity contribution >= 4 is 46.4 Å². The highest BCUT2D eigenvalue weighted by Crippen LogP contribution is 2.40. The molecule has 2 unspecified atom stereocenters. The molecule has 0 spiro atoms. The maximum atomic E-state index is 11.5. The number of aldehydes is 1. The van der Waals surface area contributed by atoms with E-state index < -0.39 is 6.17 Å². The Balaban J connectivity index is 0.000000329. The first kappa shape index (κ1) is 25.0. The molecule has 0 amide bonds. The van der Waals surface area contributed by atoms with Crippen molar-refractivity contribution in [2.45, 2.75) is 63.4 Å². The molecule has 0 aliphatic heterocycles. The minimum atomic E-state index is -0.803. The number of H-pyrrole nitrogens is 1. The molecular weight excluding hydrogens is 437 g/mol. The van der Waals surface area contributed by atoms with Crippen LogP contribution in [0.3, 0.4) is 0 Å². The second-order valence-electron chi connectivity index (χ2n) is 8.09. The van der Waals surface area contributed by atoms with Crippen LogP contribution in [-0.2, 0) is 4.79 Å². The normalized spacial score (nSPS) is 18.8. The number of aryl methyl sites for hydroxylation is 1. The van der Waals surface area contributed by atoms with Gasteiger partial charge in [-0.3, -0.25) is 0 Å². The van der Waals surface area contributed by atoms with Gasteiger partial charge in [-0.15, -0.1) is 11.8 Å². The Morgan fingerprint density at radius 1 is 1.18 bits per heavy atom. The highest BCUT2D eigenvalue weighted by Gasteiger charge is 2.36. The molecule has 0 saturated heterocycles. The molecule has 2 heterocycles. The summed E-state index contributed by atoms with van der Waals surface area (Å²) in [4.78, 5) is 23.1. The Morgan fingerprint density at radius 3 is 2.42 bits per heavy atom. The zero-order valence-corrected chi connectivity index (χ0v) is 20.9. The zero-order chi connectivity index (χ0) is 24.0. The lowest BCUT2D eigenvalue weighted by atomic mass is 9.80. The third kappa shape index (κ3) is 6.05. The number of aromatic amines is 1. The number of carbonyl (C=O) groups excluding carboxylic acids is 1. The van der Waals surface area contributed by atoms with Crippen LogP contribution in [0.4, 0.5) is 21.6 Å². The molecule has 6 nitrogen and oxygen atoms in total. The number of thioether (sulfide) groups is 1. The van der Waals surface area contributed by atoms with Crippen LogP contribution in [0, 0.1) is 12.8 Å². The number of imidazole rings is 1. The third-order valence-electron chi connectivity index (χ3n) is 5.84. The van der Waals surface area contributed by atoms with Crippen LogP contribution in [0.25, 0.3) is 11.2 Å². The predicted molar refractivity (Wildman–Crippen MR) is 137 cm³/mol. The van der Waals surface area contributed by atoms with Crippen molar-refractivity contribution in [3.05, 3.63) is 35.7 Å². The number of nitrogens with zero attached hydrogens (tertiary/aromatic N) is 2. The lowest BCUT2D eigenvalue weighted by Crippen LogP contribution is -2.09. The Labute approximate surface area is 199 Å². The van der Waals surface area contributed by atoms with Gasteiger partial charge >= 0.3 is 0 Å². The number of aromatic nitrogens is 3. The number of rotatable bonds is 6. The molecule has 33 heavy (non-hydrogen) atoms. The average Bonchev–Trinajstić information content (AvgIpc) is 3.39. The minimum absolute atomic E-state index is 0.245. The lowest BCUT2D eigenvalue weighted by molar-refractivity contribution is -0.109. The largest absolute Gasteiger partial charge is 0.373 e. The maximum absolute atomic E-state index is 11.5. The van der Waals surface area contributed by atoms with Crippen molar-refractivity contribution in [2.24, 2.45) is 5.92 Å². The van der Waals surface area contributed by atoms with E-state index in [0.717, 1.165) is 40.1 Å². The Hall–Kier alpha value is -2.61. The van der Waals surface area contributed by atoms with Gasteiger partial charge in [0.05, 0.1) is 11.4 Å². The smallest absolute Gasteiger partial charge is 0.181 e. The van der Waals surface area contributed by atoms with Gasteiger partial charge in [0.15, 0.2) is 5.65 Å². The lowest BCUT2D eigenvalue weighted by Gasteiger charge is -2.26. The van der Waals surface area contributed by atoms with Gasteiger partial charge in [0.1, 0.15) is 29.6 Å². The van der Waals surface area contributed by atoms with Gasteiger partial charge in [-0.05, 0) is 56.1 Å². The Morgan fingerprint density at radius 2 is 1.91 bits per heavy atom. The summed E-state index contributed by atoms with van der Waals surface area (Å²) in [6.45, 7) is 5.95. The Bertz CT molecular complexity index is 1080. The molecule has 2 atom stereocenters. The predicted octanol–water partition coefficient (Wildman–Crippen LogP) is 6.61. The van der Waals surface area contributed by atoms with Crippen molar-refractivity contribution in [1.82, 2.24) is 15.0 Å². The molecule has 3 N–H and O–H groups in total. The SMILES string of the molecule is CC.CNc1cc(Nc2ccc(C3CCC3)cc2SC)c2[nH]c(C)nc2n1.O=CC1CC1F. The first-order chi connectivity index (χ1) is 16.0. The quantitative estimate of drug-likeness (QED) is 0.277. The molecule has 3 aromatic rings. The number of hydrogen-bond donors (Lipinski definition) is 3. The molecule has 0 bridgehead atoms. The molecule has 0 radical (unpaired) electrons. The van der Waals surface area contributed by atoms with E-state index >= 15 is 0 Å². The molecule has 2 aromatic heterocycles. The number of halogens is 1. The summed E-state index contributed by atoms with van der Waals surface area (Å²) in [7, 11) is 1.87. The second-order valence-corrected chi connectivity index (χ2v) is 8.94. The molecule has 8 heteroatoms. The summed E-state index contributed by atoms with van der Waals surface area (Å²) in [6.07, 6.45) is 6.47. The second kappa shape index (κ2) is 11.5. The van der Waals surface area contributed by atoms with E-state index in [9.17, 15) is 9.18 Å². The van der Waals surface area contributed by atoms with Gasteiger partial charge in [-0.25, -0.2) is 14.4 Å². The molecule has 2 aliphatic rings. The topological polar surface area (TPSA) is 82.7 Å². The molecule has 2 fully saturated rings. The van der Waals surface area contributed by atoms with Crippen LogP contribution >= 0.6 is 11.8 Å². The fourth-order valence-electron chi connectivity index (χ4n) is 3.60. The zero-order valence-electron chi connectivity index (χ0n) is 20.0. The summed E-state index contributed by atoms with van der Waals surface area (Å²) in [5.74, 6) is 2.17. The van der Waals surface area contributed by atoms with Crippen molar-refractivity contribution < 1.29 is 9.18 Å². The number of anilines is 3. The highest BCUT2D eigenvalue weighted by atomic mass is 32.2. The van der Waals surface area contributed by atoms with Gasteiger partial charge in [0.25, 0.3) is 0 Å². The van der Waals surface area contributed by atoms with E-state index in [-0.39, 0.29) is 5.92 Å². The van der Waals surface area contributed by atoms with Crippen molar-refractivity contribution in [1.29, 1.82) is 0 Å². The summed E-state index contributed by atoms with van der Waals surface area (Å²) < 4.78 is 11.5. The summed E-state index contributed by atoms with van der Waals surface area (Å²) in [6, 6.07) is 8.83. The van der Waals surface area contributed by atoms with Crippen LogP contribution in [0.1, 0.15) is 56.8 Å². The van der Waals surface area contributed by atoms with Crippen molar-refractivity contribution in [2.75, 3.05) is 23.9 Å². The van der Waals surface area contributed by atoms with Gasteiger partial charge < -0.3 is 20.4 Å². The first-order valence-electron chi connectivity index (χ1n) is 11.6. The standard InChI is InChI=1S/C19H23N5S.C4H5FO.C2H6/c1-11-21-18-15(10-17(20-2)24-19(18)22-11)23-14-8-7-13(9-16(14)25-3)12-5-4-6-12;5-4-1-3(4)2-6;1-2/h7-10,12H,4-6H2,1-3H3,(H3,20,21,22,23,24);2-4H,1H2;1-2H3. The van der Waals surface area contributed by atoms with Crippen LogP contribution in [0.5, 0.6) is 0 Å². The van der Waals surface area contributed by atoms with E-state index in [1.54, 1.807) is 11.8 Å². The summed E-state index contributed by atoms with van der Waals surface area (Å²) in [5, 5.41) is 6.70. The molecule has 178 valence electrons. The summed E-state index contributed by atoms with van der Waals surface area (Å²) >= 11 is 1.78. The number of alkyl halides is 1. The maximum Gasteiger partial charge on any atom is 0.181 e. The van der Waals surface area contributed by atoms with E-state index in [2.05, 4.69) is 50.0 Å². The molecule has 1 aromatic carbocycles. The van der Waals surface area contributed by atoms with Gasteiger partial charge in [-0.1, -0.05) is 26.3 Å². The van der Waals surface area contributed by atoms with Gasteiger partial charge in [-0.2, -0.15) is 0 Å². The molecular formula is C25H34FN5OS. The van der Waals surface area contributed by atoms with E-state index in [0.29, 0.717) is 12.7 Å². The minimum Gasteiger partial charge on any atom is -0.373 e. The number of nitrogens with one attached hydrogen (secondary N) is 3. The van der Waals surface area contributed by atoms with Crippen LogP contribution in [0.15, 0.2) is 29.2 Å². The highest BCUT2D eigenvalue weighted by molar-refractivity contribution is 7.98. The van der Waals surface area contributed by atoms with E-state index in [4.69, 9.17) is 0 Å². The Kier molecular flexibility index (Phi) is 8.72. The molecule has 2 saturated carbocycles. The average molecular weight is 472 g/mol. The van der Waals surface area contributed by atoms with Crippen LogP contribution < -0.4 is 10.6 Å².